The Kier molecular flexibility index (Phi) is 13.2. The Labute approximate surface area is 187 Å². The van der Waals surface area contributed by atoms with Gasteiger partial charge in [0.15, 0.2) is 0 Å². The third kappa shape index (κ3) is 8.13. The highest BCUT2D eigenvalue weighted by atomic mass is 35.5. The largest absolute Gasteiger partial charge is 0.329 e. The van der Waals surface area contributed by atoms with Crippen molar-refractivity contribution in [2.45, 2.75) is 52.4 Å². The summed E-state index contributed by atoms with van der Waals surface area (Å²) in [6, 6.07) is 7.30. The molecule has 1 heterocycles. The smallest absolute Gasteiger partial charge is 0.238 e. The van der Waals surface area contributed by atoms with Crippen molar-refractivity contribution >= 4 is 48.0 Å². The average Bonchev–Trinajstić information content (AvgIpc) is 2.92. The van der Waals surface area contributed by atoms with Crippen LogP contribution in [0.15, 0.2) is 24.3 Å². The topological polar surface area (TPSA) is 87.5 Å². The van der Waals surface area contributed by atoms with Gasteiger partial charge in [-0.15, -0.1) is 24.8 Å². The second-order valence-electron chi connectivity index (χ2n) is 7.47. The van der Waals surface area contributed by atoms with Crippen LogP contribution < -0.4 is 16.4 Å². The summed E-state index contributed by atoms with van der Waals surface area (Å²) in [5, 5.41) is 5.91. The first-order valence-electron chi connectivity index (χ1n) is 10.2. The number of likely N-dealkylation sites (tertiary alicyclic amines) is 1. The van der Waals surface area contributed by atoms with Crippen LogP contribution >= 0.6 is 24.8 Å². The highest BCUT2D eigenvalue weighted by Crippen LogP contribution is 2.27. The molecule has 0 radical (unpaired) electrons. The summed E-state index contributed by atoms with van der Waals surface area (Å²) in [7, 11) is 0. The summed E-state index contributed by atoms with van der Waals surface area (Å²) in [5.41, 5.74) is 6.67. The molecule has 1 saturated heterocycles. The van der Waals surface area contributed by atoms with Gasteiger partial charge in [-0.05, 0) is 57.0 Å². The van der Waals surface area contributed by atoms with Gasteiger partial charge in [0, 0.05) is 17.9 Å². The number of anilines is 2. The maximum atomic E-state index is 12.7. The highest BCUT2D eigenvalue weighted by Gasteiger charge is 2.33. The lowest BCUT2D eigenvalue weighted by Crippen LogP contribution is -2.41. The molecule has 1 fully saturated rings. The maximum absolute atomic E-state index is 12.7. The van der Waals surface area contributed by atoms with Crippen molar-refractivity contribution in [3.8, 4) is 0 Å². The Morgan fingerprint density at radius 3 is 2.07 bits per heavy atom. The third-order valence-electron chi connectivity index (χ3n) is 5.70. The molecule has 0 saturated carbocycles. The number of nitrogens with one attached hydrogen (secondary N) is 2. The van der Waals surface area contributed by atoms with Gasteiger partial charge in [0.2, 0.25) is 11.8 Å². The van der Waals surface area contributed by atoms with Crippen molar-refractivity contribution in [3.05, 3.63) is 24.3 Å². The fourth-order valence-electron chi connectivity index (χ4n) is 3.59. The lowest BCUT2D eigenvalue weighted by Gasteiger charge is -2.28. The molecule has 2 amide bonds. The molecular weight excluding hydrogens is 411 g/mol. The fraction of sp³-hybridized carbons (Fsp3) is 0.619. The van der Waals surface area contributed by atoms with Crippen molar-refractivity contribution in [1.82, 2.24) is 4.90 Å². The molecule has 8 heteroatoms. The molecule has 29 heavy (non-hydrogen) atoms. The molecule has 6 nitrogen and oxygen atoms in total. The number of halogens is 2. The Hall–Kier alpha value is -1.34. The van der Waals surface area contributed by atoms with Gasteiger partial charge in [0.05, 0.1) is 12.0 Å². The van der Waals surface area contributed by atoms with Crippen LogP contribution in [0, 0.1) is 5.41 Å². The molecule has 0 atom stereocenters. The predicted octanol–water partition coefficient (Wildman–Crippen LogP) is 4.05. The van der Waals surface area contributed by atoms with Gasteiger partial charge in [-0.1, -0.05) is 32.8 Å². The number of amides is 2. The molecule has 1 aromatic carbocycles. The van der Waals surface area contributed by atoms with Crippen molar-refractivity contribution < 1.29 is 9.59 Å². The van der Waals surface area contributed by atoms with E-state index in [0.717, 1.165) is 25.9 Å². The number of nitrogens with zero attached hydrogens (tertiary/aromatic N) is 1. The molecule has 2 rings (SSSR count). The minimum atomic E-state index is -0.550. The van der Waals surface area contributed by atoms with Gasteiger partial charge < -0.3 is 16.4 Å². The van der Waals surface area contributed by atoms with E-state index < -0.39 is 5.41 Å². The SMILES string of the molecule is CCC(CC)(CN)C(=O)Nc1cccc(NC(=O)CN2CCCCCC2)c1.Cl.Cl. The van der Waals surface area contributed by atoms with E-state index in [-0.39, 0.29) is 36.6 Å². The van der Waals surface area contributed by atoms with Crippen LogP contribution in [0.4, 0.5) is 11.4 Å². The standard InChI is InChI=1S/C21H34N4O2.2ClH/c1-3-21(4-2,16-22)20(27)24-18-11-9-10-17(14-18)23-19(26)15-25-12-7-5-6-8-13-25;;/h9-11,14H,3-8,12-13,15-16,22H2,1-2H3,(H,23,26)(H,24,27);2*1H. The van der Waals surface area contributed by atoms with E-state index in [4.69, 9.17) is 5.73 Å². The summed E-state index contributed by atoms with van der Waals surface area (Å²) < 4.78 is 0. The molecule has 0 unspecified atom stereocenters. The number of hydrogen-bond donors (Lipinski definition) is 3. The molecule has 0 aromatic heterocycles. The molecular formula is C21H36Cl2N4O2. The number of benzene rings is 1. The number of carbonyl (C=O) groups excluding carboxylic acids is 2. The zero-order chi connectivity index (χ0) is 19.7. The molecule has 4 N–H and O–H groups in total. The lowest BCUT2D eigenvalue weighted by molar-refractivity contribution is -0.125. The number of carbonyl (C=O) groups is 2. The van der Waals surface area contributed by atoms with Crippen LogP contribution in [0.5, 0.6) is 0 Å². The van der Waals surface area contributed by atoms with Crippen molar-refractivity contribution in [2.75, 3.05) is 36.8 Å². The number of nitrogens with two attached hydrogens (primary N) is 1. The van der Waals surface area contributed by atoms with Gasteiger partial charge in [-0.25, -0.2) is 0 Å². The van der Waals surface area contributed by atoms with Gasteiger partial charge in [0.1, 0.15) is 0 Å². The van der Waals surface area contributed by atoms with E-state index in [2.05, 4.69) is 15.5 Å². The summed E-state index contributed by atoms with van der Waals surface area (Å²) in [6.07, 6.45) is 6.20. The average molecular weight is 447 g/mol. The minimum absolute atomic E-state index is 0. The van der Waals surface area contributed by atoms with Gasteiger partial charge in [0.25, 0.3) is 0 Å². The minimum Gasteiger partial charge on any atom is -0.329 e. The Morgan fingerprint density at radius 2 is 1.55 bits per heavy atom. The zero-order valence-corrected chi connectivity index (χ0v) is 19.2. The third-order valence-corrected chi connectivity index (χ3v) is 5.70. The second kappa shape index (κ2) is 13.8. The van der Waals surface area contributed by atoms with Crippen molar-refractivity contribution in [2.24, 2.45) is 11.1 Å². The number of rotatable bonds is 8. The fourth-order valence-corrected chi connectivity index (χ4v) is 3.59. The van der Waals surface area contributed by atoms with E-state index in [9.17, 15) is 9.59 Å². The Morgan fingerprint density at radius 1 is 1.00 bits per heavy atom. The zero-order valence-electron chi connectivity index (χ0n) is 17.5. The normalized spacial score (nSPS) is 14.7. The summed E-state index contributed by atoms with van der Waals surface area (Å²) >= 11 is 0. The maximum Gasteiger partial charge on any atom is 0.238 e. The summed E-state index contributed by atoms with van der Waals surface area (Å²) in [4.78, 5) is 27.3. The quantitative estimate of drug-likeness (QED) is 0.561. The summed E-state index contributed by atoms with van der Waals surface area (Å²) in [5.74, 6) is -0.0816. The highest BCUT2D eigenvalue weighted by molar-refractivity contribution is 5.97. The molecule has 1 aliphatic rings. The first-order chi connectivity index (χ1) is 13.0. The molecule has 1 aliphatic heterocycles. The molecule has 0 aliphatic carbocycles. The summed E-state index contributed by atoms with van der Waals surface area (Å²) in [6.45, 7) is 6.67. The van der Waals surface area contributed by atoms with Crippen LogP contribution in [0.2, 0.25) is 0 Å². The monoisotopic (exact) mass is 446 g/mol. The molecule has 1 aromatic rings. The Bertz CT molecular complexity index is 623. The predicted molar refractivity (Wildman–Crippen MR) is 125 cm³/mol. The second-order valence-corrected chi connectivity index (χ2v) is 7.47. The Balaban J connectivity index is 0.00000392. The first kappa shape index (κ1) is 27.7. The molecule has 0 bridgehead atoms. The molecule has 166 valence electrons. The van der Waals surface area contributed by atoms with Crippen LogP contribution in [-0.4, -0.2) is 42.9 Å². The van der Waals surface area contributed by atoms with E-state index in [1.54, 1.807) is 6.07 Å². The van der Waals surface area contributed by atoms with Gasteiger partial charge in [-0.3, -0.25) is 14.5 Å². The van der Waals surface area contributed by atoms with Crippen molar-refractivity contribution in [3.63, 3.8) is 0 Å². The van der Waals surface area contributed by atoms with Crippen molar-refractivity contribution in [1.29, 1.82) is 0 Å². The first-order valence-corrected chi connectivity index (χ1v) is 10.2. The van der Waals surface area contributed by atoms with E-state index >= 15 is 0 Å². The molecule has 0 spiro atoms. The van der Waals surface area contributed by atoms with Crippen LogP contribution in [-0.2, 0) is 9.59 Å². The van der Waals surface area contributed by atoms with Crippen LogP contribution in [0.3, 0.4) is 0 Å². The lowest BCUT2D eigenvalue weighted by atomic mass is 9.81. The van der Waals surface area contributed by atoms with Gasteiger partial charge in [-0.2, -0.15) is 0 Å². The van der Waals surface area contributed by atoms with Gasteiger partial charge >= 0.3 is 0 Å². The number of hydrogen-bond acceptors (Lipinski definition) is 4. The van der Waals surface area contributed by atoms with Crippen LogP contribution in [0.1, 0.15) is 52.4 Å². The van der Waals surface area contributed by atoms with E-state index in [0.29, 0.717) is 37.3 Å². The van der Waals surface area contributed by atoms with E-state index in [1.165, 1.54) is 12.8 Å². The van der Waals surface area contributed by atoms with E-state index in [1.807, 2.05) is 32.0 Å². The van der Waals surface area contributed by atoms with Crippen LogP contribution in [0.25, 0.3) is 0 Å².